The average molecular weight is 213 g/mol. The van der Waals surface area contributed by atoms with Crippen molar-refractivity contribution in [2.75, 3.05) is 18.5 Å². The van der Waals surface area contributed by atoms with Crippen LogP contribution in [0.15, 0.2) is 5.16 Å². The monoisotopic (exact) mass is 213 g/mol. The second kappa shape index (κ2) is 4.58. The Bertz CT molecular complexity index is 347. The third-order valence-electron chi connectivity index (χ3n) is 2.11. The van der Waals surface area contributed by atoms with E-state index in [1.54, 1.807) is 11.7 Å². The van der Waals surface area contributed by atoms with Crippen LogP contribution in [0.2, 0.25) is 0 Å². The molecule has 1 aromatic heterocycles. The molecule has 1 heterocycles. The van der Waals surface area contributed by atoms with Crippen molar-refractivity contribution in [3.8, 4) is 0 Å². The summed E-state index contributed by atoms with van der Waals surface area (Å²) in [5.74, 6) is 0.751. The van der Waals surface area contributed by atoms with Crippen molar-refractivity contribution in [2.45, 2.75) is 6.92 Å². The summed E-state index contributed by atoms with van der Waals surface area (Å²) in [4.78, 5) is 1.84. The molecule has 3 N–H and O–H groups in total. The van der Waals surface area contributed by atoms with Gasteiger partial charge in [-0.15, -0.1) is 0 Å². The molecule has 0 saturated heterocycles. The van der Waals surface area contributed by atoms with Crippen LogP contribution in [0.5, 0.6) is 0 Å². The Morgan fingerprint density at radius 3 is 2.87 bits per heavy atom. The summed E-state index contributed by atoms with van der Waals surface area (Å²) >= 11 is 0. The lowest BCUT2D eigenvalue weighted by Crippen LogP contribution is -2.33. The number of nitrogens with two attached hydrogens (primary N) is 1. The zero-order valence-electron chi connectivity index (χ0n) is 8.99. The zero-order valence-corrected chi connectivity index (χ0v) is 8.99. The Kier molecular flexibility index (Phi) is 3.42. The SMILES string of the molecule is CC(CN(C)c1nnnn1C)C(N)=NO. The van der Waals surface area contributed by atoms with Gasteiger partial charge in [0.1, 0.15) is 5.84 Å². The largest absolute Gasteiger partial charge is 0.409 e. The predicted molar refractivity (Wildman–Crippen MR) is 54.6 cm³/mol. The molecule has 15 heavy (non-hydrogen) atoms. The summed E-state index contributed by atoms with van der Waals surface area (Å²) in [7, 11) is 3.59. The van der Waals surface area contributed by atoms with Gasteiger partial charge in [-0.2, -0.15) is 0 Å². The number of aromatic nitrogens is 4. The maximum Gasteiger partial charge on any atom is 0.245 e. The molecule has 0 aromatic carbocycles. The molecule has 0 amide bonds. The second-order valence-electron chi connectivity index (χ2n) is 3.41. The van der Waals surface area contributed by atoms with E-state index in [9.17, 15) is 0 Å². The van der Waals surface area contributed by atoms with E-state index in [1.165, 1.54) is 0 Å². The van der Waals surface area contributed by atoms with Crippen LogP contribution in [-0.2, 0) is 7.05 Å². The summed E-state index contributed by atoms with van der Waals surface area (Å²) < 4.78 is 1.55. The van der Waals surface area contributed by atoms with E-state index in [4.69, 9.17) is 10.9 Å². The molecular weight excluding hydrogens is 198 g/mol. The molecule has 8 heteroatoms. The molecule has 0 saturated carbocycles. The summed E-state index contributed by atoms with van der Waals surface area (Å²) in [6, 6.07) is 0. The standard InChI is InChI=1S/C7H15N7O/c1-5(6(8)10-15)4-13(2)7-9-11-12-14(7)3/h5,15H,4H2,1-3H3,(H2,8,10). The van der Waals surface area contributed by atoms with Gasteiger partial charge in [0, 0.05) is 26.6 Å². The van der Waals surface area contributed by atoms with Crippen LogP contribution in [-0.4, -0.2) is 44.8 Å². The lowest BCUT2D eigenvalue weighted by Gasteiger charge is -2.20. The van der Waals surface area contributed by atoms with Crippen molar-refractivity contribution in [2.24, 2.45) is 23.9 Å². The van der Waals surface area contributed by atoms with Gasteiger partial charge < -0.3 is 15.8 Å². The minimum absolute atomic E-state index is 0.0725. The number of hydrogen-bond acceptors (Lipinski definition) is 6. The van der Waals surface area contributed by atoms with Crippen LogP contribution < -0.4 is 10.6 Å². The molecule has 0 aliphatic heterocycles. The van der Waals surface area contributed by atoms with Gasteiger partial charge in [0.15, 0.2) is 0 Å². The van der Waals surface area contributed by atoms with Crippen molar-refractivity contribution in [1.82, 2.24) is 20.2 Å². The smallest absolute Gasteiger partial charge is 0.245 e. The van der Waals surface area contributed by atoms with Crippen LogP contribution in [0, 0.1) is 5.92 Å². The van der Waals surface area contributed by atoms with Crippen LogP contribution in [0.25, 0.3) is 0 Å². The average Bonchev–Trinajstić information content (AvgIpc) is 2.63. The topological polar surface area (TPSA) is 105 Å². The minimum Gasteiger partial charge on any atom is -0.409 e. The highest BCUT2D eigenvalue weighted by molar-refractivity contribution is 5.82. The maximum atomic E-state index is 8.50. The van der Waals surface area contributed by atoms with Crippen molar-refractivity contribution in [3.05, 3.63) is 0 Å². The van der Waals surface area contributed by atoms with Gasteiger partial charge in [0.25, 0.3) is 0 Å². The fourth-order valence-corrected chi connectivity index (χ4v) is 1.23. The molecule has 1 rings (SSSR count). The third-order valence-corrected chi connectivity index (χ3v) is 2.11. The molecule has 0 aliphatic carbocycles. The lowest BCUT2D eigenvalue weighted by atomic mass is 10.1. The van der Waals surface area contributed by atoms with E-state index in [0.29, 0.717) is 12.5 Å². The fraction of sp³-hybridized carbons (Fsp3) is 0.714. The maximum absolute atomic E-state index is 8.50. The number of nitrogens with zero attached hydrogens (tertiary/aromatic N) is 6. The summed E-state index contributed by atoms with van der Waals surface area (Å²) in [6.07, 6.45) is 0. The van der Waals surface area contributed by atoms with Gasteiger partial charge in [-0.05, 0) is 10.4 Å². The number of oxime groups is 1. The molecule has 1 aromatic rings. The van der Waals surface area contributed by atoms with Crippen LogP contribution in [0.1, 0.15) is 6.92 Å². The lowest BCUT2D eigenvalue weighted by molar-refractivity contribution is 0.314. The molecule has 84 valence electrons. The molecule has 0 bridgehead atoms. The van der Waals surface area contributed by atoms with Gasteiger partial charge in [0.2, 0.25) is 5.95 Å². The number of anilines is 1. The van der Waals surface area contributed by atoms with E-state index >= 15 is 0 Å². The predicted octanol–water partition coefficient (Wildman–Crippen LogP) is -0.971. The van der Waals surface area contributed by atoms with Crippen molar-refractivity contribution >= 4 is 11.8 Å². The number of aryl methyl sites for hydroxylation is 1. The first-order valence-electron chi connectivity index (χ1n) is 4.47. The first kappa shape index (κ1) is 11.2. The molecule has 0 spiro atoms. The second-order valence-corrected chi connectivity index (χ2v) is 3.41. The van der Waals surface area contributed by atoms with E-state index in [-0.39, 0.29) is 11.8 Å². The number of tetrazole rings is 1. The van der Waals surface area contributed by atoms with Crippen molar-refractivity contribution in [1.29, 1.82) is 0 Å². The van der Waals surface area contributed by atoms with E-state index in [1.807, 2.05) is 18.9 Å². The minimum atomic E-state index is -0.0725. The Morgan fingerprint density at radius 1 is 1.73 bits per heavy atom. The van der Waals surface area contributed by atoms with E-state index in [2.05, 4.69) is 20.7 Å². The van der Waals surface area contributed by atoms with Gasteiger partial charge in [-0.3, -0.25) is 0 Å². The highest BCUT2D eigenvalue weighted by Gasteiger charge is 2.14. The zero-order chi connectivity index (χ0) is 11.4. The van der Waals surface area contributed by atoms with Crippen LogP contribution in [0.3, 0.4) is 0 Å². The molecule has 0 aliphatic rings. The molecule has 1 atom stereocenters. The Labute approximate surface area is 87.3 Å². The Hall–Kier alpha value is -1.86. The summed E-state index contributed by atoms with van der Waals surface area (Å²) in [5, 5.41) is 22.5. The van der Waals surface area contributed by atoms with Gasteiger partial charge in [0.05, 0.1) is 0 Å². The van der Waals surface area contributed by atoms with Gasteiger partial charge in [-0.25, -0.2) is 4.68 Å². The van der Waals surface area contributed by atoms with Crippen LogP contribution >= 0.6 is 0 Å². The first-order chi connectivity index (χ1) is 7.06. The van der Waals surface area contributed by atoms with E-state index in [0.717, 1.165) is 0 Å². The fourth-order valence-electron chi connectivity index (χ4n) is 1.23. The molecule has 1 unspecified atom stereocenters. The molecule has 0 fully saturated rings. The van der Waals surface area contributed by atoms with E-state index < -0.39 is 0 Å². The van der Waals surface area contributed by atoms with Crippen molar-refractivity contribution < 1.29 is 5.21 Å². The van der Waals surface area contributed by atoms with Gasteiger partial charge >= 0.3 is 0 Å². The Balaban J connectivity index is 2.64. The summed E-state index contributed by atoms with van der Waals surface area (Å²) in [6.45, 7) is 2.43. The number of hydrogen-bond donors (Lipinski definition) is 2. The normalized spacial score (nSPS) is 13.9. The molecule has 8 nitrogen and oxygen atoms in total. The highest BCUT2D eigenvalue weighted by atomic mass is 16.4. The van der Waals surface area contributed by atoms with Crippen LogP contribution in [0.4, 0.5) is 5.95 Å². The number of amidine groups is 1. The number of rotatable bonds is 4. The molecule has 0 radical (unpaired) electrons. The first-order valence-corrected chi connectivity index (χ1v) is 4.47. The van der Waals surface area contributed by atoms with Gasteiger partial charge in [-0.1, -0.05) is 17.2 Å². The summed E-state index contributed by atoms with van der Waals surface area (Å²) in [5.41, 5.74) is 5.47. The molecular formula is C7H15N7O. The van der Waals surface area contributed by atoms with Crippen molar-refractivity contribution in [3.63, 3.8) is 0 Å². The third kappa shape index (κ3) is 2.55. The quantitative estimate of drug-likeness (QED) is 0.288. The Morgan fingerprint density at radius 2 is 2.40 bits per heavy atom. The highest BCUT2D eigenvalue weighted by Crippen LogP contribution is 2.07.